The molecule has 7 nitrogen and oxygen atoms in total. The van der Waals surface area contributed by atoms with Crippen LogP contribution in [0.25, 0.3) is 4.96 Å². The lowest BCUT2D eigenvalue weighted by Gasteiger charge is -2.31. The Labute approximate surface area is 182 Å². The van der Waals surface area contributed by atoms with Crippen molar-refractivity contribution >= 4 is 27.3 Å². The maximum Gasteiger partial charge on any atom is 0.278 e. The highest BCUT2D eigenvalue weighted by atomic mass is 32.1. The molecule has 0 bridgehead atoms. The highest BCUT2D eigenvalue weighted by Crippen LogP contribution is 2.28. The zero-order chi connectivity index (χ0) is 21.4. The fourth-order valence-electron chi connectivity index (χ4n) is 4.39. The lowest BCUT2D eigenvalue weighted by Crippen LogP contribution is -2.43. The quantitative estimate of drug-likeness (QED) is 0.674. The molecule has 1 aliphatic carbocycles. The molecule has 3 aromatic rings. The van der Waals surface area contributed by atoms with E-state index >= 15 is 0 Å². The van der Waals surface area contributed by atoms with Crippen LogP contribution in [0.4, 0.5) is 9.52 Å². The van der Waals surface area contributed by atoms with Gasteiger partial charge in [0, 0.05) is 25.2 Å². The van der Waals surface area contributed by atoms with Crippen molar-refractivity contribution in [3.8, 4) is 0 Å². The smallest absolute Gasteiger partial charge is 0.278 e. The van der Waals surface area contributed by atoms with Gasteiger partial charge < -0.3 is 10.2 Å². The number of carbonyl (C=O) groups excluding carboxylic acids is 1. The minimum Gasteiger partial charge on any atom is -0.352 e. The molecule has 0 unspecified atom stereocenters. The third kappa shape index (κ3) is 4.06. The zero-order valence-electron chi connectivity index (χ0n) is 17.1. The molecule has 3 heterocycles. The first-order chi connectivity index (χ1) is 15.1. The van der Waals surface area contributed by atoms with Crippen molar-refractivity contribution < 1.29 is 9.18 Å². The summed E-state index contributed by atoms with van der Waals surface area (Å²) in [5.41, 5.74) is 2.54. The molecule has 1 saturated heterocycles. The van der Waals surface area contributed by atoms with Crippen molar-refractivity contribution in [2.24, 2.45) is 5.92 Å². The Bertz CT molecular complexity index is 1170. The van der Waals surface area contributed by atoms with Crippen LogP contribution in [0.5, 0.6) is 0 Å². The first kappa shape index (κ1) is 20.1. The van der Waals surface area contributed by atoms with Crippen LogP contribution >= 0.6 is 11.3 Å². The van der Waals surface area contributed by atoms with Gasteiger partial charge in [-0.1, -0.05) is 23.5 Å². The fourth-order valence-corrected chi connectivity index (χ4v) is 5.34. The number of nitrogens with zero attached hydrogens (tertiary/aromatic N) is 4. The number of hydrogen-bond acceptors (Lipinski definition) is 6. The number of halogens is 1. The maximum atomic E-state index is 13.0. The second kappa shape index (κ2) is 8.37. The number of nitrogens with one attached hydrogen (secondary N) is 1. The van der Waals surface area contributed by atoms with E-state index in [2.05, 4.69) is 15.3 Å². The van der Waals surface area contributed by atoms with E-state index in [4.69, 9.17) is 4.98 Å². The Morgan fingerprint density at radius 1 is 1.19 bits per heavy atom. The second-order valence-corrected chi connectivity index (χ2v) is 9.19. The van der Waals surface area contributed by atoms with Gasteiger partial charge in [-0.15, -0.1) is 5.10 Å². The molecule has 1 N–H and O–H groups in total. The zero-order valence-corrected chi connectivity index (χ0v) is 18.0. The van der Waals surface area contributed by atoms with Crippen molar-refractivity contribution in [1.29, 1.82) is 0 Å². The SMILES string of the molecule is O=C(NCc1ccc(F)cc1)[C@@H]1CCCN(c2nn3c(=O)c4c(nc3s2)CCCC4)C1. The van der Waals surface area contributed by atoms with Gasteiger partial charge in [-0.05, 0) is 56.2 Å². The van der Waals surface area contributed by atoms with Gasteiger partial charge in [-0.25, -0.2) is 9.37 Å². The van der Waals surface area contributed by atoms with Crippen molar-refractivity contribution in [1.82, 2.24) is 19.9 Å². The summed E-state index contributed by atoms with van der Waals surface area (Å²) in [5, 5.41) is 8.26. The summed E-state index contributed by atoms with van der Waals surface area (Å²) in [5.74, 6) is -0.455. The molecule has 5 rings (SSSR count). The third-order valence-electron chi connectivity index (χ3n) is 6.11. The van der Waals surface area contributed by atoms with Crippen molar-refractivity contribution in [2.75, 3.05) is 18.0 Å². The molecule has 0 radical (unpaired) electrons. The summed E-state index contributed by atoms with van der Waals surface area (Å²) in [6.07, 6.45) is 5.41. The maximum absolute atomic E-state index is 13.0. The largest absolute Gasteiger partial charge is 0.352 e. The summed E-state index contributed by atoms with van der Waals surface area (Å²) in [7, 11) is 0. The summed E-state index contributed by atoms with van der Waals surface area (Å²) in [4.78, 5) is 33.0. The number of anilines is 1. The fraction of sp³-hybridized carbons (Fsp3) is 0.455. The third-order valence-corrected chi connectivity index (χ3v) is 7.08. The monoisotopic (exact) mass is 441 g/mol. The molecule has 31 heavy (non-hydrogen) atoms. The molecule has 2 aromatic heterocycles. The number of amides is 1. The molecule has 0 saturated carbocycles. The molecule has 9 heteroatoms. The normalized spacial score (nSPS) is 18.7. The molecule has 1 atom stereocenters. The van der Waals surface area contributed by atoms with Crippen molar-refractivity contribution in [3.63, 3.8) is 0 Å². The predicted octanol–water partition coefficient (Wildman–Crippen LogP) is 2.70. The van der Waals surface area contributed by atoms with Gasteiger partial charge >= 0.3 is 0 Å². The first-order valence-electron chi connectivity index (χ1n) is 10.8. The number of aromatic nitrogens is 3. The Balaban J connectivity index is 1.30. The van der Waals surface area contributed by atoms with Gasteiger partial charge in [-0.2, -0.15) is 4.52 Å². The van der Waals surface area contributed by atoms with Crippen LogP contribution in [0.3, 0.4) is 0 Å². The van der Waals surface area contributed by atoms with E-state index < -0.39 is 0 Å². The van der Waals surface area contributed by atoms with Gasteiger partial charge in [0.1, 0.15) is 5.82 Å². The predicted molar refractivity (Wildman–Crippen MR) is 117 cm³/mol. The number of aryl methyl sites for hydroxylation is 1. The Morgan fingerprint density at radius 3 is 2.84 bits per heavy atom. The van der Waals surface area contributed by atoms with E-state index in [1.54, 1.807) is 12.1 Å². The minimum absolute atomic E-state index is 0.0131. The number of hydrogen-bond donors (Lipinski definition) is 1. The van der Waals surface area contributed by atoms with E-state index in [9.17, 15) is 14.0 Å². The first-order valence-corrected chi connectivity index (χ1v) is 11.6. The molecular formula is C22H24FN5O2S. The van der Waals surface area contributed by atoms with Crippen LogP contribution in [-0.2, 0) is 24.2 Å². The molecule has 162 valence electrons. The summed E-state index contributed by atoms with van der Waals surface area (Å²) >= 11 is 1.42. The molecule has 1 aromatic carbocycles. The van der Waals surface area contributed by atoms with Crippen LogP contribution in [0.15, 0.2) is 29.1 Å². The van der Waals surface area contributed by atoms with E-state index in [0.717, 1.165) is 67.0 Å². The van der Waals surface area contributed by atoms with E-state index in [-0.39, 0.29) is 23.2 Å². The van der Waals surface area contributed by atoms with E-state index in [0.29, 0.717) is 18.1 Å². The lowest BCUT2D eigenvalue weighted by atomic mass is 9.97. The van der Waals surface area contributed by atoms with Crippen molar-refractivity contribution in [3.05, 3.63) is 57.3 Å². The van der Waals surface area contributed by atoms with Crippen LogP contribution in [0.1, 0.15) is 42.5 Å². The van der Waals surface area contributed by atoms with Crippen LogP contribution < -0.4 is 15.8 Å². The van der Waals surface area contributed by atoms with Gasteiger partial charge in [0.2, 0.25) is 16.0 Å². The topological polar surface area (TPSA) is 79.6 Å². The van der Waals surface area contributed by atoms with Gasteiger partial charge in [-0.3, -0.25) is 9.59 Å². The lowest BCUT2D eigenvalue weighted by molar-refractivity contribution is -0.125. The average molecular weight is 442 g/mol. The molecule has 1 amide bonds. The Kier molecular flexibility index (Phi) is 5.43. The highest BCUT2D eigenvalue weighted by Gasteiger charge is 2.28. The van der Waals surface area contributed by atoms with Gasteiger partial charge in [0.05, 0.1) is 11.6 Å². The summed E-state index contributed by atoms with van der Waals surface area (Å²) in [6.45, 7) is 1.74. The standard InChI is InChI=1S/C22H24FN5O2S/c23-16-9-7-14(8-10-16)12-24-19(29)15-4-3-11-27(13-15)22-26-28-20(30)17-5-1-2-6-18(17)25-21(28)31-22/h7-10,15H,1-6,11-13H2,(H,24,29)/t15-/m1/s1. The minimum atomic E-state index is -0.289. The van der Waals surface area contributed by atoms with E-state index in [1.807, 2.05) is 0 Å². The van der Waals surface area contributed by atoms with Crippen molar-refractivity contribution in [2.45, 2.75) is 45.1 Å². The molecule has 1 fully saturated rings. The van der Waals surface area contributed by atoms with E-state index in [1.165, 1.54) is 28.0 Å². The summed E-state index contributed by atoms with van der Waals surface area (Å²) < 4.78 is 14.5. The van der Waals surface area contributed by atoms with Crippen LogP contribution in [0.2, 0.25) is 0 Å². The summed E-state index contributed by atoms with van der Waals surface area (Å²) in [6, 6.07) is 6.14. The number of fused-ring (bicyclic) bond motifs is 2. The van der Waals surface area contributed by atoms with Crippen LogP contribution in [0, 0.1) is 11.7 Å². The second-order valence-electron chi connectivity index (χ2n) is 8.26. The number of carbonyl (C=O) groups is 1. The Morgan fingerprint density at radius 2 is 2.00 bits per heavy atom. The Hall–Kier alpha value is -2.81. The molecular weight excluding hydrogens is 417 g/mol. The average Bonchev–Trinajstić information content (AvgIpc) is 3.23. The van der Waals surface area contributed by atoms with Gasteiger partial charge in [0.25, 0.3) is 5.56 Å². The highest BCUT2D eigenvalue weighted by molar-refractivity contribution is 7.20. The van der Waals surface area contributed by atoms with Crippen LogP contribution in [-0.4, -0.2) is 33.6 Å². The number of rotatable bonds is 4. The number of piperidine rings is 1. The molecule has 0 spiro atoms. The molecule has 1 aliphatic heterocycles. The number of benzene rings is 1. The van der Waals surface area contributed by atoms with Gasteiger partial charge in [0.15, 0.2) is 0 Å². The molecule has 2 aliphatic rings.